The monoisotopic (exact) mass is 647 g/mol. The summed E-state index contributed by atoms with van der Waals surface area (Å²) >= 11 is 9.46. The Balaban J connectivity index is 2.04. The molecule has 0 saturated carbocycles. The highest BCUT2D eigenvalue weighted by Crippen LogP contribution is 2.26. The van der Waals surface area contributed by atoms with Crippen molar-refractivity contribution in [2.75, 3.05) is 10.8 Å². The van der Waals surface area contributed by atoms with Crippen molar-refractivity contribution in [1.29, 1.82) is 0 Å². The zero-order valence-electron chi connectivity index (χ0n) is 23.1. The van der Waals surface area contributed by atoms with Gasteiger partial charge in [-0.25, -0.2) is 8.42 Å². The van der Waals surface area contributed by atoms with Crippen LogP contribution >= 0.6 is 27.5 Å². The zero-order chi connectivity index (χ0) is 29.4. The molecular formula is C30H35BrClN3O4S. The summed E-state index contributed by atoms with van der Waals surface area (Å²) in [5.41, 5.74) is 2.02. The van der Waals surface area contributed by atoms with E-state index in [0.29, 0.717) is 17.1 Å². The molecule has 0 spiro atoms. The van der Waals surface area contributed by atoms with Gasteiger partial charge in [-0.15, -0.1) is 0 Å². The number of nitrogens with one attached hydrogen (secondary N) is 1. The van der Waals surface area contributed by atoms with Gasteiger partial charge in [-0.05, 0) is 80.8 Å². The van der Waals surface area contributed by atoms with E-state index in [-0.39, 0.29) is 23.4 Å². The zero-order valence-corrected chi connectivity index (χ0v) is 26.3. The molecule has 0 fully saturated rings. The van der Waals surface area contributed by atoms with Crippen LogP contribution in [0, 0.1) is 6.92 Å². The van der Waals surface area contributed by atoms with Gasteiger partial charge in [0.25, 0.3) is 10.0 Å². The first-order valence-corrected chi connectivity index (χ1v) is 15.8. The largest absolute Gasteiger partial charge is 0.352 e. The average molecular weight is 649 g/mol. The highest BCUT2D eigenvalue weighted by atomic mass is 79.9. The molecule has 2 amide bonds. The first-order chi connectivity index (χ1) is 19.0. The lowest BCUT2D eigenvalue weighted by atomic mass is 10.1. The summed E-state index contributed by atoms with van der Waals surface area (Å²) in [5, 5.41) is 3.52. The first kappa shape index (κ1) is 31.6. The van der Waals surface area contributed by atoms with Crippen LogP contribution in [0.4, 0.5) is 5.69 Å². The second kappa shape index (κ2) is 14.1. The standard InChI is InChI=1S/C30H35BrClN3O4S/c1-5-22(4)33-30(37)28(6-2)34(19-23-9-13-25(32)14-10-23)29(36)20-35(26-15-11-24(31)12-16-26)40(38,39)27-17-7-21(3)8-18-27/h7-18,22,28H,5-6,19-20H2,1-4H3,(H,33,37)/t22-,28-/m0/s1. The van der Waals surface area contributed by atoms with E-state index in [9.17, 15) is 18.0 Å². The van der Waals surface area contributed by atoms with Crippen LogP contribution in [-0.2, 0) is 26.2 Å². The van der Waals surface area contributed by atoms with Gasteiger partial charge in [-0.3, -0.25) is 13.9 Å². The number of carbonyl (C=O) groups excluding carboxylic acids is 2. The minimum absolute atomic E-state index is 0.0691. The van der Waals surface area contributed by atoms with Crippen molar-refractivity contribution >= 4 is 55.1 Å². The van der Waals surface area contributed by atoms with E-state index in [2.05, 4.69) is 21.2 Å². The Labute approximate surface area is 250 Å². The van der Waals surface area contributed by atoms with Crippen molar-refractivity contribution in [3.8, 4) is 0 Å². The molecule has 1 N–H and O–H groups in total. The predicted octanol–water partition coefficient (Wildman–Crippen LogP) is 6.33. The van der Waals surface area contributed by atoms with Crippen molar-refractivity contribution in [2.24, 2.45) is 0 Å². The summed E-state index contributed by atoms with van der Waals surface area (Å²) in [6, 6.07) is 19.3. The highest BCUT2D eigenvalue weighted by Gasteiger charge is 2.34. The number of halogens is 2. The van der Waals surface area contributed by atoms with Crippen LogP contribution in [0.3, 0.4) is 0 Å². The minimum Gasteiger partial charge on any atom is -0.352 e. The molecule has 0 aliphatic carbocycles. The number of aryl methyl sites for hydroxylation is 1. The van der Waals surface area contributed by atoms with Crippen LogP contribution < -0.4 is 9.62 Å². The number of sulfonamides is 1. The molecule has 2 atom stereocenters. The van der Waals surface area contributed by atoms with Gasteiger partial charge in [0.05, 0.1) is 10.6 Å². The van der Waals surface area contributed by atoms with Crippen LogP contribution in [0.15, 0.2) is 82.2 Å². The quantitative estimate of drug-likeness (QED) is 0.249. The molecule has 3 rings (SSSR count). The number of amides is 2. The topological polar surface area (TPSA) is 86.8 Å². The molecule has 0 heterocycles. The smallest absolute Gasteiger partial charge is 0.264 e. The minimum atomic E-state index is -4.11. The second-order valence-corrected chi connectivity index (χ2v) is 12.9. The van der Waals surface area contributed by atoms with Crippen molar-refractivity contribution in [3.63, 3.8) is 0 Å². The van der Waals surface area contributed by atoms with Crippen LogP contribution in [0.5, 0.6) is 0 Å². The van der Waals surface area contributed by atoms with E-state index in [0.717, 1.165) is 26.3 Å². The highest BCUT2D eigenvalue weighted by molar-refractivity contribution is 9.10. The van der Waals surface area contributed by atoms with Gasteiger partial charge in [0.15, 0.2) is 0 Å². The Kier molecular flexibility index (Phi) is 11.2. The summed E-state index contributed by atoms with van der Waals surface area (Å²) in [4.78, 5) is 28.9. The van der Waals surface area contributed by atoms with Gasteiger partial charge < -0.3 is 10.2 Å². The maximum Gasteiger partial charge on any atom is 0.264 e. The molecular weight excluding hydrogens is 614 g/mol. The lowest BCUT2D eigenvalue weighted by molar-refractivity contribution is -0.140. The Hall–Kier alpha value is -2.88. The maximum absolute atomic E-state index is 14.1. The Bertz CT molecular complexity index is 1400. The lowest BCUT2D eigenvalue weighted by Gasteiger charge is -2.33. The van der Waals surface area contributed by atoms with E-state index in [1.165, 1.54) is 17.0 Å². The number of benzene rings is 3. The Morgan fingerprint density at radius 2 is 1.52 bits per heavy atom. The van der Waals surface area contributed by atoms with Crippen molar-refractivity contribution in [1.82, 2.24) is 10.2 Å². The molecule has 0 bridgehead atoms. The van der Waals surface area contributed by atoms with Crippen LogP contribution in [-0.4, -0.2) is 43.8 Å². The van der Waals surface area contributed by atoms with E-state index >= 15 is 0 Å². The predicted molar refractivity (Wildman–Crippen MR) is 164 cm³/mol. The third-order valence-electron chi connectivity index (χ3n) is 6.66. The average Bonchev–Trinajstić information content (AvgIpc) is 2.93. The fourth-order valence-electron chi connectivity index (χ4n) is 4.12. The third-order valence-corrected chi connectivity index (χ3v) is 9.22. The van der Waals surface area contributed by atoms with Gasteiger partial charge in [-0.2, -0.15) is 0 Å². The maximum atomic E-state index is 14.1. The van der Waals surface area contributed by atoms with Gasteiger partial charge in [-0.1, -0.05) is 71.2 Å². The summed E-state index contributed by atoms with van der Waals surface area (Å²) in [5.74, 6) is -0.782. The molecule has 3 aromatic carbocycles. The summed E-state index contributed by atoms with van der Waals surface area (Å²) in [7, 11) is -4.11. The van der Waals surface area contributed by atoms with Crippen molar-refractivity contribution < 1.29 is 18.0 Å². The van der Waals surface area contributed by atoms with Gasteiger partial charge in [0, 0.05) is 22.1 Å². The molecule has 0 radical (unpaired) electrons. The van der Waals surface area contributed by atoms with E-state index in [1.54, 1.807) is 60.7 Å². The molecule has 0 unspecified atom stereocenters. The molecule has 40 heavy (non-hydrogen) atoms. The number of nitrogens with zero attached hydrogens (tertiary/aromatic N) is 2. The van der Waals surface area contributed by atoms with E-state index in [4.69, 9.17) is 11.6 Å². The normalized spacial score (nSPS) is 12.8. The fraction of sp³-hybridized carbons (Fsp3) is 0.333. The molecule has 0 aromatic heterocycles. The summed E-state index contributed by atoms with van der Waals surface area (Å²) in [6.07, 6.45) is 1.09. The fourth-order valence-corrected chi connectivity index (χ4v) is 5.93. The number of carbonyl (C=O) groups is 2. The molecule has 7 nitrogen and oxygen atoms in total. The molecule has 0 aliphatic rings. The Morgan fingerprint density at radius 3 is 2.08 bits per heavy atom. The van der Waals surface area contributed by atoms with Crippen molar-refractivity contribution in [3.05, 3.63) is 93.4 Å². The van der Waals surface area contributed by atoms with Crippen LogP contribution in [0.2, 0.25) is 5.02 Å². The number of rotatable bonds is 12. The van der Waals surface area contributed by atoms with E-state index < -0.39 is 28.5 Å². The lowest BCUT2D eigenvalue weighted by Crippen LogP contribution is -2.53. The van der Waals surface area contributed by atoms with Crippen LogP contribution in [0.25, 0.3) is 0 Å². The third kappa shape index (κ3) is 8.08. The summed E-state index contributed by atoms with van der Waals surface area (Å²) < 4.78 is 29.6. The Morgan fingerprint density at radius 1 is 0.925 bits per heavy atom. The number of hydrogen-bond acceptors (Lipinski definition) is 4. The molecule has 3 aromatic rings. The van der Waals surface area contributed by atoms with Crippen LogP contribution in [0.1, 0.15) is 44.7 Å². The summed E-state index contributed by atoms with van der Waals surface area (Å²) in [6.45, 7) is 7.20. The van der Waals surface area contributed by atoms with Gasteiger partial charge >= 0.3 is 0 Å². The SMILES string of the molecule is CC[C@H](C)NC(=O)[C@H](CC)N(Cc1ccc(Cl)cc1)C(=O)CN(c1ccc(Br)cc1)S(=O)(=O)c1ccc(C)cc1. The second-order valence-electron chi connectivity index (χ2n) is 9.69. The molecule has 0 aliphatic heterocycles. The van der Waals surface area contributed by atoms with Crippen molar-refractivity contribution in [2.45, 2.75) is 64.1 Å². The van der Waals surface area contributed by atoms with E-state index in [1.807, 2.05) is 27.7 Å². The molecule has 0 saturated heterocycles. The molecule has 10 heteroatoms. The number of hydrogen-bond donors (Lipinski definition) is 1. The van der Waals surface area contributed by atoms with Gasteiger partial charge in [0.2, 0.25) is 11.8 Å². The van der Waals surface area contributed by atoms with Gasteiger partial charge in [0.1, 0.15) is 12.6 Å². The molecule has 214 valence electrons. The number of anilines is 1. The first-order valence-electron chi connectivity index (χ1n) is 13.2.